The zero-order chi connectivity index (χ0) is 13.6. The molecule has 5 heteroatoms. The lowest BCUT2D eigenvalue weighted by Crippen LogP contribution is -2.48. The molecule has 0 bridgehead atoms. The first kappa shape index (κ1) is 15.7. The Labute approximate surface area is 103 Å². The number of hydrogen-bond donors (Lipinski definition) is 2. The summed E-state index contributed by atoms with van der Waals surface area (Å²) in [6.07, 6.45) is 0.952. The maximum Gasteiger partial charge on any atom is 0.323 e. The lowest BCUT2D eigenvalue weighted by atomic mass is 9.90. The van der Waals surface area contributed by atoms with Crippen LogP contribution >= 0.6 is 0 Å². The lowest BCUT2D eigenvalue weighted by Gasteiger charge is -2.28. The summed E-state index contributed by atoms with van der Waals surface area (Å²) in [5, 5.41) is 11.5. The third-order valence-corrected chi connectivity index (χ3v) is 2.87. The second-order valence-electron chi connectivity index (χ2n) is 5.29. The molecule has 0 aromatic heterocycles. The van der Waals surface area contributed by atoms with Gasteiger partial charge >= 0.3 is 12.0 Å². The van der Waals surface area contributed by atoms with Gasteiger partial charge in [-0.3, -0.25) is 4.79 Å². The Bertz CT molecular complexity index is 275. The van der Waals surface area contributed by atoms with Crippen molar-refractivity contribution in [2.75, 3.05) is 13.1 Å². The van der Waals surface area contributed by atoms with E-state index in [-0.39, 0.29) is 24.0 Å². The predicted molar refractivity (Wildman–Crippen MR) is 66.9 cm³/mol. The molecule has 2 N–H and O–H groups in total. The van der Waals surface area contributed by atoms with Crippen molar-refractivity contribution in [1.82, 2.24) is 10.2 Å². The molecule has 0 radical (unpaired) electrons. The van der Waals surface area contributed by atoms with Crippen LogP contribution in [0, 0.1) is 5.41 Å². The second-order valence-corrected chi connectivity index (χ2v) is 5.29. The van der Waals surface area contributed by atoms with Crippen LogP contribution in [0.4, 0.5) is 4.79 Å². The summed E-state index contributed by atoms with van der Waals surface area (Å²) in [6.45, 7) is 10.1. The second kappa shape index (κ2) is 6.47. The molecular weight excluding hydrogens is 220 g/mol. The summed E-state index contributed by atoms with van der Waals surface area (Å²) < 4.78 is 0. The molecule has 0 aliphatic rings. The molecular formula is C12H24N2O3. The Hall–Kier alpha value is -1.26. The number of nitrogens with zero attached hydrogens (tertiary/aromatic N) is 1. The molecule has 5 nitrogen and oxygen atoms in total. The molecule has 2 amide bonds. The van der Waals surface area contributed by atoms with Gasteiger partial charge < -0.3 is 15.3 Å². The highest BCUT2D eigenvalue weighted by molar-refractivity contribution is 5.80. The quantitative estimate of drug-likeness (QED) is 0.750. The van der Waals surface area contributed by atoms with Gasteiger partial charge in [-0.25, -0.2) is 4.79 Å². The Kier molecular flexibility index (Phi) is 5.99. The molecule has 0 saturated heterocycles. The highest BCUT2D eigenvalue weighted by Gasteiger charge is 2.22. The first-order chi connectivity index (χ1) is 7.69. The van der Waals surface area contributed by atoms with Crippen molar-refractivity contribution < 1.29 is 14.7 Å². The minimum absolute atomic E-state index is 0.0293. The molecule has 0 aliphatic heterocycles. The van der Waals surface area contributed by atoms with Crippen LogP contribution < -0.4 is 5.32 Å². The van der Waals surface area contributed by atoms with Crippen molar-refractivity contribution in [3.05, 3.63) is 0 Å². The fourth-order valence-corrected chi connectivity index (χ4v) is 1.18. The van der Waals surface area contributed by atoms with Crippen LogP contribution in [0.3, 0.4) is 0 Å². The first-order valence-corrected chi connectivity index (χ1v) is 5.96. The first-order valence-electron chi connectivity index (χ1n) is 5.96. The largest absolute Gasteiger partial charge is 0.480 e. The van der Waals surface area contributed by atoms with E-state index in [0.717, 1.165) is 6.42 Å². The van der Waals surface area contributed by atoms with E-state index < -0.39 is 5.97 Å². The number of carbonyl (C=O) groups is 2. The number of nitrogens with one attached hydrogen (secondary N) is 1. The molecule has 0 saturated carbocycles. The summed E-state index contributed by atoms with van der Waals surface area (Å²) in [6, 6.07) is -0.445. The van der Waals surface area contributed by atoms with E-state index in [2.05, 4.69) is 26.1 Å². The number of urea groups is 1. The molecule has 100 valence electrons. The average Bonchev–Trinajstić information content (AvgIpc) is 2.22. The highest BCUT2D eigenvalue weighted by atomic mass is 16.4. The van der Waals surface area contributed by atoms with Gasteiger partial charge in [-0.05, 0) is 25.7 Å². The van der Waals surface area contributed by atoms with Crippen molar-refractivity contribution in [2.45, 2.75) is 47.1 Å². The Balaban J connectivity index is 4.39. The number of carbonyl (C=O) groups excluding carboxylic acids is 1. The van der Waals surface area contributed by atoms with Crippen LogP contribution in [-0.2, 0) is 4.79 Å². The molecule has 0 spiro atoms. The van der Waals surface area contributed by atoms with Gasteiger partial charge in [-0.1, -0.05) is 20.8 Å². The molecule has 0 aliphatic carbocycles. The zero-order valence-electron chi connectivity index (χ0n) is 11.4. The van der Waals surface area contributed by atoms with E-state index in [0.29, 0.717) is 6.54 Å². The van der Waals surface area contributed by atoms with E-state index in [1.165, 1.54) is 4.90 Å². The topological polar surface area (TPSA) is 69.6 Å². The number of carboxylic acids is 1. The van der Waals surface area contributed by atoms with E-state index in [1.54, 1.807) is 13.8 Å². The van der Waals surface area contributed by atoms with Crippen molar-refractivity contribution in [2.24, 2.45) is 5.41 Å². The SMILES string of the molecule is CCC(C)(C)CNC(=O)N(CC(=O)O)C(C)C. The smallest absolute Gasteiger partial charge is 0.323 e. The van der Waals surface area contributed by atoms with Crippen LogP contribution in [0.2, 0.25) is 0 Å². The van der Waals surface area contributed by atoms with E-state index in [9.17, 15) is 9.59 Å². The number of carboxylic acid groups (broad SMARTS) is 1. The fourth-order valence-electron chi connectivity index (χ4n) is 1.18. The van der Waals surface area contributed by atoms with Gasteiger partial charge in [-0.2, -0.15) is 0 Å². The summed E-state index contributed by atoms with van der Waals surface area (Å²) in [5.41, 5.74) is 0.0293. The van der Waals surface area contributed by atoms with Crippen LogP contribution in [-0.4, -0.2) is 41.1 Å². The van der Waals surface area contributed by atoms with Crippen LogP contribution in [0.1, 0.15) is 41.0 Å². The van der Waals surface area contributed by atoms with E-state index >= 15 is 0 Å². The molecule has 0 atom stereocenters. The fraction of sp³-hybridized carbons (Fsp3) is 0.833. The van der Waals surface area contributed by atoms with E-state index in [1.807, 2.05) is 0 Å². The maximum absolute atomic E-state index is 11.8. The summed E-state index contributed by atoms with van der Waals surface area (Å²) in [4.78, 5) is 23.8. The molecule has 0 unspecified atom stereocenters. The molecule has 0 rings (SSSR count). The minimum Gasteiger partial charge on any atom is -0.480 e. The summed E-state index contributed by atoms with van der Waals surface area (Å²) >= 11 is 0. The van der Waals surface area contributed by atoms with Crippen molar-refractivity contribution in [3.63, 3.8) is 0 Å². The van der Waals surface area contributed by atoms with Gasteiger partial charge in [0.15, 0.2) is 0 Å². The van der Waals surface area contributed by atoms with Gasteiger partial charge in [0.2, 0.25) is 0 Å². The molecule has 17 heavy (non-hydrogen) atoms. The van der Waals surface area contributed by atoms with Crippen LogP contribution in [0.15, 0.2) is 0 Å². The minimum atomic E-state index is -0.997. The van der Waals surface area contributed by atoms with Gasteiger partial charge in [0.1, 0.15) is 6.54 Å². The predicted octanol–water partition coefficient (Wildman–Crippen LogP) is 1.93. The maximum atomic E-state index is 11.8. The Morgan fingerprint density at radius 3 is 2.24 bits per heavy atom. The lowest BCUT2D eigenvalue weighted by molar-refractivity contribution is -0.138. The molecule has 0 heterocycles. The number of hydrogen-bond acceptors (Lipinski definition) is 2. The molecule has 0 aromatic carbocycles. The number of aliphatic carboxylic acids is 1. The zero-order valence-corrected chi connectivity index (χ0v) is 11.4. The monoisotopic (exact) mass is 244 g/mol. The molecule has 0 fully saturated rings. The third-order valence-electron chi connectivity index (χ3n) is 2.87. The van der Waals surface area contributed by atoms with Crippen LogP contribution in [0.25, 0.3) is 0 Å². The van der Waals surface area contributed by atoms with Crippen molar-refractivity contribution >= 4 is 12.0 Å². The standard InChI is InChI=1S/C12H24N2O3/c1-6-12(4,5)8-13-11(17)14(9(2)3)7-10(15)16/h9H,6-8H2,1-5H3,(H,13,17)(H,15,16). The Morgan fingerprint density at radius 2 is 1.88 bits per heavy atom. The van der Waals surface area contributed by atoms with Gasteiger partial charge in [0.05, 0.1) is 0 Å². The van der Waals surface area contributed by atoms with Gasteiger partial charge in [-0.15, -0.1) is 0 Å². The number of amides is 2. The molecule has 0 aromatic rings. The third kappa shape index (κ3) is 6.14. The van der Waals surface area contributed by atoms with Crippen molar-refractivity contribution in [3.8, 4) is 0 Å². The average molecular weight is 244 g/mol. The highest BCUT2D eigenvalue weighted by Crippen LogP contribution is 2.17. The number of rotatable bonds is 6. The summed E-state index contributed by atoms with van der Waals surface area (Å²) in [5.74, 6) is -0.997. The summed E-state index contributed by atoms with van der Waals surface area (Å²) in [7, 11) is 0. The van der Waals surface area contributed by atoms with Gasteiger partial charge in [0.25, 0.3) is 0 Å². The van der Waals surface area contributed by atoms with Crippen molar-refractivity contribution in [1.29, 1.82) is 0 Å². The van der Waals surface area contributed by atoms with Gasteiger partial charge in [0, 0.05) is 12.6 Å². The normalized spacial score (nSPS) is 11.4. The van der Waals surface area contributed by atoms with Crippen LogP contribution in [0.5, 0.6) is 0 Å². The Morgan fingerprint density at radius 1 is 1.35 bits per heavy atom. The van der Waals surface area contributed by atoms with E-state index in [4.69, 9.17) is 5.11 Å².